The zero-order valence-electron chi connectivity index (χ0n) is 14.4. The molecule has 0 fully saturated rings. The van der Waals surface area contributed by atoms with E-state index < -0.39 is 0 Å². The number of aryl methyl sites for hydroxylation is 4. The summed E-state index contributed by atoms with van der Waals surface area (Å²) in [6.45, 7) is 8.71. The van der Waals surface area contributed by atoms with Crippen LogP contribution >= 0.6 is 0 Å². The molecule has 2 aromatic rings. The maximum absolute atomic E-state index is 12.1. The van der Waals surface area contributed by atoms with Gasteiger partial charge in [0, 0.05) is 12.1 Å². The Labute approximate surface area is 138 Å². The quantitative estimate of drug-likeness (QED) is 0.784. The number of rotatable bonds is 6. The number of nitrogens with one attached hydrogen (secondary N) is 1. The van der Waals surface area contributed by atoms with Crippen molar-refractivity contribution in [3.8, 4) is 5.75 Å². The molecule has 0 radical (unpaired) electrons. The van der Waals surface area contributed by atoms with E-state index in [-0.39, 0.29) is 5.91 Å². The van der Waals surface area contributed by atoms with Crippen molar-refractivity contribution in [2.24, 2.45) is 0 Å². The molecule has 0 saturated heterocycles. The van der Waals surface area contributed by atoms with E-state index in [4.69, 9.17) is 4.74 Å². The summed E-state index contributed by atoms with van der Waals surface area (Å²) >= 11 is 0. The van der Waals surface area contributed by atoms with Crippen LogP contribution in [0.15, 0.2) is 36.4 Å². The molecule has 0 unspecified atom stereocenters. The monoisotopic (exact) mass is 311 g/mol. The summed E-state index contributed by atoms with van der Waals surface area (Å²) < 4.78 is 5.71. The summed E-state index contributed by atoms with van der Waals surface area (Å²) in [4.78, 5) is 12.1. The molecule has 2 rings (SSSR count). The van der Waals surface area contributed by atoms with Gasteiger partial charge in [-0.05, 0) is 68.5 Å². The van der Waals surface area contributed by atoms with E-state index >= 15 is 0 Å². The number of hydrogen-bond donors (Lipinski definition) is 1. The highest BCUT2D eigenvalue weighted by Crippen LogP contribution is 2.20. The van der Waals surface area contributed by atoms with E-state index in [1.165, 1.54) is 11.1 Å². The van der Waals surface area contributed by atoms with Crippen LogP contribution in [0.25, 0.3) is 0 Å². The zero-order chi connectivity index (χ0) is 16.8. The highest BCUT2D eigenvalue weighted by atomic mass is 16.5. The van der Waals surface area contributed by atoms with Crippen LogP contribution in [-0.4, -0.2) is 12.5 Å². The molecule has 0 saturated carbocycles. The van der Waals surface area contributed by atoms with Crippen molar-refractivity contribution in [1.29, 1.82) is 0 Å². The van der Waals surface area contributed by atoms with E-state index in [0.717, 1.165) is 22.6 Å². The molecule has 0 spiro atoms. The van der Waals surface area contributed by atoms with Gasteiger partial charge in [0.15, 0.2) is 0 Å². The van der Waals surface area contributed by atoms with Crippen LogP contribution < -0.4 is 10.1 Å². The summed E-state index contributed by atoms with van der Waals surface area (Å²) in [6.07, 6.45) is 1.16. The Balaban J connectivity index is 1.78. The molecule has 1 N–H and O–H groups in total. The van der Waals surface area contributed by atoms with Gasteiger partial charge < -0.3 is 10.1 Å². The molecule has 23 heavy (non-hydrogen) atoms. The van der Waals surface area contributed by atoms with Gasteiger partial charge in [0.1, 0.15) is 5.75 Å². The minimum absolute atomic E-state index is 0.0334. The predicted octanol–water partition coefficient (Wildman–Crippen LogP) is 4.72. The van der Waals surface area contributed by atoms with E-state index in [1.807, 2.05) is 44.2 Å². The molecule has 0 heterocycles. The Morgan fingerprint density at radius 1 is 0.957 bits per heavy atom. The Bertz CT molecular complexity index is 672. The number of carbonyl (C=O) groups is 1. The first-order valence-corrected chi connectivity index (χ1v) is 8.03. The van der Waals surface area contributed by atoms with Crippen LogP contribution in [0.5, 0.6) is 5.75 Å². The lowest BCUT2D eigenvalue weighted by atomic mass is 10.1. The second kappa shape index (κ2) is 7.82. The van der Waals surface area contributed by atoms with Crippen molar-refractivity contribution in [2.75, 3.05) is 11.9 Å². The van der Waals surface area contributed by atoms with Crippen molar-refractivity contribution >= 4 is 11.6 Å². The van der Waals surface area contributed by atoms with Crippen molar-refractivity contribution in [3.63, 3.8) is 0 Å². The molecule has 0 aliphatic heterocycles. The Morgan fingerprint density at radius 3 is 2.30 bits per heavy atom. The fourth-order valence-corrected chi connectivity index (χ4v) is 2.44. The van der Waals surface area contributed by atoms with Crippen LogP contribution in [0.2, 0.25) is 0 Å². The van der Waals surface area contributed by atoms with Crippen LogP contribution in [0, 0.1) is 27.7 Å². The lowest BCUT2D eigenvalue weighted by Gasteiger charge is -2.12. The van der Waals surface area contributed by atoms with Crippen LogP contribution in [0.1, 0.15) is 35.1 Å². The first-order valence-electron chi connectivity index (χ1n) is 8.03. The lowest BCUT2D eigenvalue weighted by molar-refractivity contribution is -0.116. The normalized spacial score (nSPS) is 10.4. The number of hydrogen-bond acceptors (Lipinski definition) is 2. The van der Waals surface area contributed by atoms with Crippen molar-refractivity contribution in [3.05, 3.63) is 58.7 Å². The van der Waals surface area contributed by atoms with Gasteiger partial charge in [0.2, 0.25) is 5.91 Å². The first-order chi connectivity index (χ1) is 11.0. The fraction of sp³-hybridized carbons (Fsp3) is 0.350. The molecular formula is C20H25NO2. The minimum Gasteiger partial charge on any atom is -0.494 e. The van der Waals surface area contributed by atoms with Gasteiger partial charge in [0.25, 0.3) is 0 Å². The average molecular weight is 311 g/mol. The molecule has 122 valence electrons. The average Bonchev–Trinajstić information content (AvgIpc) is 2.51. The molecule has 1 amide bonds. The molecule has 0 aliphatic rings. The van der Waals surface area contributed by atoms with Crippen molar-refractivity contribution in [1.82, 2.24) is 0 Å². The number of para-hydroxylation sites is 1. The molecule has 2 aromatic carbocycles. The number of anilines is 1. The van der Waals surface area contributed by atoms with E-state index in [1.54, 1.807) is 0 Å². The number of ether oxygens (including phenoxy) is 1. The molecule has 3 nitrogen and oxygen atoms in total. The summed E-state index contributed by atoms with van der Waals surface area (Å²) in [5, 5.41) is 3.00. The zero-order valence-corrected chi connectivity index (χ0v) is 14.4. The number of benzene rings is 2. The molecular weight excluding hydrogens is 286 g/mol. The Kier molecular flexibility index (Phi) is 5.80. The van der Waals surface area contributed by atoms with Crippen LogP contribution in [0.4, 0.5) is 5.69 Å². The van der Waals surface area contributed by atoms with Gasteiger partial charge in [-0.2, -0.15) is 0 Å². The Hall–Kier alpha value is -2.29. The third-order valence-electron chi connectivity index (χ3n) is 4.04. The van der Waals surface area contributed by atoms with Gasteiger partial charge in [0.05, 0.1) is 6.61 Å². The molecule has 0 atom stereocenters. The van der Waals surface area contributed by atoms with Gasteiger partial charge in [-0.1, -0.05) is 24.3 Å². The number of amides is 1. The van der Waals surface area contributed by atoms with Gasteiger partial charge >= 0.3 is 0 Å². The topological polar surface area (TPSA) is 38.3 Å². The largest absolute Gasteiger partial charge is 0.494 e. The third kappa shape index (κ3) is 4.85. The first kappa shape index (κ1) is 17.1. The predicted molar refractivity (Wildman–Crippen MR) is 95.2 cm³/mol. The molecule has 0 bridgehead atoms. The fourth-order valence-electron chi connectivity index (χ4n) is 2.44. The molecule has 0 aliphatic carbocycles. The van der Waals surface area contributed by atoms with E-state index in [9.17, 15) is 4.79 Å². The summed E-state index contributed by atoms with van der Waals surface area (Å²) in [7, 11) is 0. The SMILES string of the molecule is Cc1ccc(OCCCC(=O)Nc2c(C)cccc2C)cc1C. The lowest BCUT2D eigenvalue weighted by Crippen LogP contribution is -2.14. The molecule has 3 heteroatoms. The van der Waals surface area contributed by atoms with Crippen LogP contribution in [-0.2, 0) is 4.79 Å². The van der Waals surface area contributed by atoms with E-state index in [0.29, 0.717) is 19.4 Å². The maximum Gasteiger partial charge on any atom is 0.224 e. The second-order valence-electron chi connectivity index (χ2n) is 6.01. The summed E-state index contributed by atoms with van der Waals surface area (Å²) in [5.74, 6) is 0.898. The standard InChI is InChI=1S/C20H25NO2/c1-14-10-11-18(13-17(14)4)23-12-6-9-19(22)21-20-15(2)7-5-8-16(20)3/h5,7-8,10-11,13H,6,9,12H2,1-4H3,(H,21,22). The van der Waals surface area contributed by atoms with Gasteiger partial charge in [-0.3, -0.25) is 4.79 Å². The van der Waals surface area contributed by atoms with E-state index in [2.05, 4.69) is 25.2 Å². The van der Waals surface area contributed by atoms with Crippen LogP contribution in [0.3, 0.4) is 0 Å². The smallest absolute Gasteiger partial charge is 0.224 e. The van der Waals surface area contributed by atoms with Gasteiger partial charge in [-0.25, -0.2) is 0 Å². The minimum atomic E-state index is 0.0334. The van der Waals surface area contributed by atoms with Crippen molar-refractivity contribution < 1.29 is 9.53 Å². The van der Waals surface area contributed by atoms with Crippen molar-refractivity contribution in [2.45, 2.75) is 40.5 Å². The highest BCUT2D eigenvalue weighted by Gasteiger charge is 2.07. The van der Waals surface area contributed by atoms with Gasteiger partial charge in [-0.15, -0.1) is 0 Å². The molecule has 0 aromatic heterocycles. The highest BCUT2D eigenvalue weighted by molar-refractivity contribution is 5.92. The Morgan fingerprint density at radius 2 is 1.65 bits per heavy atom. The summed E-state index contributed by atoms with van der Waals surface area (Å²) in [5.41, 5.74) is 5.57. The summed E-state index contributed by atoms with van der Waals surface area (Å²) in [6, 6.07) is 12.1. The number of carbonyl (C=O) groups excluding carboxylic acids is 1. The third-order valence-corrected chi connectivity index (χ3v) is 4.04. The maximum atomic E-state index is 12.1. The second-order valence-corrected chi connectivity index (χ2v) is 6.01.